The highest BCUT2D eigenvalue weighted by Gasteiger charge is 2.08. The second-order valence-electron chi connectivity index (χ2n) is 4.21. The van der Waals surface area contributed by atoms with Crippen molar-refractivity contribution >= 4 is 11.6 Å². The zero-order chi connectivity index (χ0) is 13.8. The van der Waals surface area contributed by atoms with Crippen LogP contribution in [0.4, 0.5) is 20.4 Å². The van der Waals surface area contributed by atoms with Crippen molar-refractivity contribution in [2.75, 3.05) is 24.3 Å². The van der Waals surface area contributed by atoms with E-state index < -0.39 is 11.6 Å². The van der Waals surface area contributed by atoms with Crippen LogP contribution in [0.1, 0.15) is 5.56 Å². The zero-order valence-corrected chi connectivity index (χ0v) is 10.7. The van der Waals surface area contributed by atoms with Gasteiger partial charge in [-0.1, -0.05) is 6.07 Å². The van der Waals surface area contributed by atoms with Gasteiger partial charge in [-0.3, -0.25) is 0 Å². The van der Waals surface area contributed by atoms with Gasteiger partial charge in [-0.05, 0) is 12.1 Å². The Morgan fingerprint density at radius 3 is 2.47 bits per heavy atom. The molecule has 6 heteroatoms. The third-order valence-corrected chi connectivity index (χ3v) is 2.62. The van der Waals surface area contributed by atoms with Crippen LogP contribution in [0.2, 0.25) is 0 Å². The molecule has 0 aliphatic heterocycles. The largest absolute Gasteiger partial charge is 0.366 e. The summed E-state index contributed by atoms with van der Waals surface area (Å²) in [6.07, 6.45) is 1.40. The highest BCUT2D eigenvalue weighted by Crippen LogP contribution is 2.15. The lowest BCUT2D eigenvalue weighted by Gasteiger charge is -2.12. The van der Waals surface area contributed by atoms with Gasteiger partial charge in [0.1, 0.15) is 29.6 Å². The Morgan fingerprint density at radius 2 is 1.84 bits per heavy atom. The standard InChI is InChI=1S/C13H14F2N4/c1-19(2)13-6-12(17-8-18-13)16-7-9-10(14)4-3-5-11(9)15/h3-6,8H,7H2,1-2H3,(H,16,17,18). The fourth-order valence-electron chi connectivity index (χ4n) is 1.57. The maximum atomic E-state index is 13.4. The molecule has 100 valence electrons. The molecule has 19 heavy (non-hydrogen) atoms. The number of hydrogen-bond donors (Lipinski definition) is 1. The van der Waals surface area contributed by atoms with Crippen LogP contribution >= 0.6 is 0 Å². The van der Waals surface area contributed by atoms with Gasteiger partial charge in [0.2, 0.25) is 0 Å². The van der Waals surface area contributed by atoms with Crippen LogP contribution in [0.5, 0.6) is 0 Å². The van der Waals surface area contributed by atoms with E-state index in [1.165, 1.54) is 24.5 Å². The molecule has 0 amide bonds. The van der Waals surface area contributed by atoms with Crippen LogP contribution in [0, 0.1) is 11.6 Å². The molecule has 0 saturated heterocycles. The lowest BCUT2D eigenvalue weighted by molar-refractivity contribution is 0.560. The SMILES string of the molecule is CN(C)c1cc(NCc2c(F)cccc2F)ncn1. The predicted octanol–water partition coefficient (Wildman–Crippen LogP) is 2.43. The molecule has 1 aromatic carbocycles. The van der Waals surface area contributed by atoms with Gasteiger partial charge < -0.3 is 10.2 Å². The Kier molecular flexibility index (Phi) is 3.89. The Morgan fingerprint density at radius 1 is 1.16 bits per heavy atom. The molecule has 0 unspecified atom stereocenters. The van der Waals surface area contributed by atoms with E-state index in [1.807, 2.05) is 19.0 Å². The van der Waals surface area contributed by atoms with E-state index in [0.29, 0.717) is 11.6 Å². The van der Waals surface area contributed by atoms with Crippen LogP contribution in [-0.4, -0.2) is 24.1 Å². The molecule has 0 fully saturated rings. The van der Waals surface area contributed by atoms with Gasteiger partial charge in [0.05, 0.1) is 0 Å². The van der Waals surface area contributed by atoms with Gasteiger partial charge in [0.15, 0.2) is 0 Å². The Balaban J connectivity index is 2.12. The summed E-state index contributed by atoms with van der Waals surface area (Å²) in [5, 5.41) is 2.88. The number of anilines is 2. The van der Waals surface area contributed by atoms with Gasteiger partial charge in [0, 0.05) is 32.3 Å². The van der Waals surface area contributed by atoms with E-state index in [0.717, 1.165) is 0 Å². The van der Waals surface area contributed by atoms with E-state index in [-0.39, 0.29) is 12.1 Å². The number of hydrogen-bond acceptors (Lipinski definition) is 4. The number of nitrogens with one attached hydrogen (secondary N) is 1. The summed E-state index contributed by atoms with van der Waals surface area (Å²) in [7, 11) is 3.70. The van der Waals surface area contributed by atoms with Crippen molar-refractivity contribution in [3.8, 4) is 0 Å². The van der Waals surface area contributed by atoms with Gasteiger partial charge >= 0.3 is 0 Å². The van der Waals surface area contributed by atoms with Crippen molar-refractivity contribution in [2.24, 2.45) is 0 Å². The first kappa shape index (κ1) is 13.2. The van der Waals surface area contributed by atoms with Crippen molar-refractivity contribution in [3.63, 3.8) is 0 Å². The Hall–Kier alpha value is -2.24. The summed E-state index contributed by atoms with van der Waals surface area (Å²) in [4.78, 5) is 9.87. The third kappa shape index (κ3) is 3.15. The van der Waals surface area contributed by atoms with E-state index in [4.69, 9.17) is 0 Å². The lowest BCUT2D eigenvalue weighted by atomic mass is 10.2. The summed E-state index contributed by atoms with van der Waals surface area (Å²) < 4.78 is 26.9. The van der Waals surface area contributed by atoms with Gasteiger partial charge in [0.25, 0.3) is 0 Å². The fraction of sp³-hybridized carbons (Fsp3) is 0.231. The van der Waals surface area contributed by atoms with Crippen LogP contribution in [0.15, 0.2) is 30.6 Å². The number of aromatic nitrogens is 2. The normalized spacial score (nSPS) is 10.3. The summed E-state index contributed by atoms with van der Waals surface area (Å²) >= 11 is 0. The molecule has 1 aromatic heterocycles. The quantitative estimate of drug-likeness (QED) is 0.920. The Bertz CT molecular complexity index is 552. The van der Waals surface area contributed by atoms with E-state index in [9.17, 15) is 8.78 Å². The molecule has 0 aliphatic carbocycles. The first-order valence-electron chi connectivity index (χ1n) is 5.74. The second kappa shape index (κ2) is 5.60. The second-order valence-corrected chi connectivity index (χ2v) is 4.21. The van der Waals surface area contributed by atoms with Crippen LogP contribution in [0.25, 0.3) is 0 Å². The summed E-state index contributed by atoms with van der Waals surface area (Å²) in [5.41, 5.74) is -0.00693. The molecule has 2 rings (SSSR count). The molecular weight excluding hydrogens is 250 g/mol. The summed E-state index contributed by atoms with van der Waals surface area (Å²) in [5.74, 6) is 0.0802. The predicted molar refractivity (Wildman–Crippen MR) is 70.0 cm³/mol. The van der Waals surface area contributed by atoms with Crippen molar-refractivity contribution < 1.29 is 8.78 Å². The van der Waals surface area contributed by atoms with Crippen molar-refractivity contribution in [1.29, 1.82) is 0 Å². The van der Waals surface area contributed by atoms with E-state index in [2.05, 4.69) is 15.3 Å². The minimum absolute atomic E-state index is 0.00693. The van der Waals surface area contributed by atoms with Crippen LogP contribution in [0.3, 0.4) is 0 Å². The minimum Gasteiger partial charge on any atom is -0.366 e. The molecule has 1 heterocycles. The number of halogens is 2. The fourth-order valence-corrected chi connectivity index (χ4v) is 1.57. The molecule has 4 nitrogen and oxygen atoms in total. The smallest absolute Gasteiger partial charge is 0.133 e. The molecule has 1 N–H and O–H groups in total. The monoisotopic (exact) mass is 264 g/mol. The van der Waals surface area contributed by atoms with Crippen molar-refractivity contribution in [3.05, 3.63) is 47.8 Å². The molecule has 0 spiro atoms. The molecule has 0 saturated carbocycles. The minimum atomic E-state index is -0.575. The van der Waals surface area contributed by atoms with Crippen LogP contribution < -0.4 is 10.2 Å². The highest BCUT2D eigenvalue weighted by atomic mass is 19.1. The summed E-state index contributed by atoms with van der Waals surface area (Å²) in [6, 6.07) is 5.50. The third-order valence-electron chi connectivity index (χ3n) is 2.62. The maximum absolute atomic E-state index is 13.4. The Labute approximate surface area is 110 Å². The maximum Gasteiger partial charge on any atom is 0.133 e. The van der Waals surface area contributed by atoms with Gasteiger partial charge in [-0.2, -0.15) is 0 Å². The van der Waals surface area contributed by atoms with Crippen LogP contribution in [-0.2, 0) is 6.54 Å². The molecule has 0 radical (unpaired) electrons. The van der Waals surface area contributed by atoms with Gasteiger partial charge in [-0.15, -0.1) is 0 Å². The lowest BCUT2D eigenvalue weighted by Crippen LogP contribution is -2.12. The first-order valence-corrected chi connectivity index (χ1v) is 5.74. The number of benzene rings is 1. The molecule has 0 bridgehead atoms. The summed E-state index contributed by atoms with van der Waals surface area (Å²) in [6.45, 7) is 0.0301. The average Bonchev–Trinajstić information content (AvgIpc) is 2.38. The van der Waals surface area contributed by atoms with Crippen molar-refractivity contribution in [2.45, 2.75) is 6.54 Å². The zero-order valence-electron chi connectivity index (χ0n) is 10.7. The van der Waals surface area contributed by atoms with E-state index in [1.54, 1.807) is 6.07 Å². The number of rotatable bonds is 4. The molecule has 0 aliphatic rings. The number of nitrogens with zero attached hydrogens (tertiary/aromatic N) is 3. The first-order chi connectivity index (χ1) is 9.08. The molecular formula is C13H14F2N4. The van der Waals surface area contributed by atoms with Crippen molar-refractivity contribution in [1.82, 2.24) is 9.97 Å². The highest BCUT2D eigenvalue weighted by molar-refractivity contribution is 5.47. The van der Waals surface area contributed by atoms with E-state index >= 15 is 0 Å². The topological polar surface area (TPSA) is 41.0 Å². The molecule has 0 atom stereocenters. The molecule has 2 aromatic rings. The average molecular weight is 264 g/mol. The van der Waals surface area contributed by atoms with Gasteiger partial charge in [-0.25, -0.2) is 18.7 Å².